The van der Waals surface area contributed by atoms with Crippen LogP contribution in [0, 0.1) is 13.8 Å². The summed E-state index contributed by atoms with van der Waals surface area (Å²) < 4.78 is 65.6. The zero-order valence-electron chi connectivity index (χ0n) is 21.1. The molecule has 37 heavy (non-hydrogen) atoms. The van der Waals surface area contributed by atoms with Crippen LogP contribution in [0.2, 0.25) is 0 Å². The Morgan fingerprint density at radius 2 is 1.32 bits per heavy atom. The van der Waals surface area contributed by atoms with Gasteiger partial charge in [0.25, 0.3) is 10.1 Å². The molecule has 3 aromatic carbocycles. The standard InChI is InChI=1S/C27H33NO7S2/c1-4-23(29)18-28(36(30,31)26-14-10-21(2)11-15-26)19-25(20-34-24-8-6-5-7-9-24)35-37(32,33)27-16-12-22(3)13-17-27/h5-17,23,25,29H,4,18-20H2,1-3H3/t23-,25+/m1/s1. The molecular formula is C27H33NO7S2. The Kier molecular flexibility index (Phi) is 9.86. The Hall–Kier alpha value is -2.76. The van der Waals surface area contributed by atoms with Gasteiger partial charge in [0.1, 0.15) is 18.5 Å². The van der Waals surface area contributed by atoms with E-state index in [1.807, 2.05) is 19.9 Å². The summed E-state index contributed by atoms with van der Waals surface area (Å²) in [6.07, 6.45) is -1.84. The molecule has 0 aliphatic carbocycles. The van der Waals surface area contributed by atoms with E-state index < -0.39 is 32.3 Å². The minimum atomic E-state index is -4.24. The molecule has 0 spiro atoms. The van der Waals surface area contributed by atoms with Crippen LogP contribution >= 0.6 is 0 Å². The van der Waals surface area contributed by atoms with Crippen molar-refractivity contribution in [3.63, 3.8) is 0 Å². The molecule has 1 N–H and O–H groups in total. The van der Waals surface area contributed by atoms with E-state index in [1.165, 1.54) is 24.3 Å². The van der Waals surface area contributed by atoms with E-state index in [4.69, 9.17) is 8.92 Å². The topological polar surface area (TPSA) is 110 Å². The van der Waals surface area contributed by atoms with Gasteiger partial charge < -0.3 is 9.84 Å². The molecule has 0 radical (unpaired) electrons. The maximum absolute atomic E-state index is 13.5. The fourth-order valence-electron chi connectivity index (χ4n) is 3.48. The third-order valence-corrected chi connectivity index (χ3v) is 8.92. The summed E-state index contributed by atoms with van der Waals surface area (Å²) in [6, 6.07) is 21.2. The van der Waals surface area contributed by atoms with Gasteiger partial charge in [0.15, 0.2) is 0 Å². The third-order valence-electron chi connectivity index (χ3n) is 5.70. The maximum Gasteiger partial charge on any atom is 0.297 e. The highest BCUT2D eigenvalue weighted by molar-refractivity contribution is 7.89. The highest BCUT2D eigenvalue weighted by atomic mass is 32.2. The summed E-state index contributed by atoms with van der Waals surface area (Å²) in [5.41, 5.74) is 1.77. The summed E-state index contributed by atoms with van der Waals surface area (Å²) in [4.78, 5) is -0.0186. The second-order valence-corrected chi connectivity index (χ2v) is 12.3. The molecule has 10 heteroatoms. The minimum absolute atomic E-state index is 0.0329. The maximum atomic E-state index is 13.5. The highest BCUT2D eigenvalue weighted by Gasteiger charge is 2.32. The molecule has 3 aromatic rings. The van der Waals surface area contributed by atoms with Crippen LogP contribution < -0.4 is 4.74 Å². The van der Waals surface area contributed by atoms with Crippen molar-refractivity contribution in [3.05, 3.63) is 90.0 Å². The summed E-state index contributed by atoms with van der Waals surface area (Å²) in [5.74, 6) is 0.477. The Morgan fingerprint density at radius 3 is 1.86 bits per heavy atom. The molecule has 0 saturated carbocycles. The first-order chi connectivity index (χ1) is 17.5. The van der Waals surface area contributed by atoms with Crippen LogP contribution in [0.1, 0.15) is 24.5 Å². The molecule has 0 unspecified atom stereocenters. The number of aliphatic hydroxyl groups excluding tert-OH is 1. The second-order valence-electron chi connectivity index (χ2n) is 8.81. The fourth-order valence-corrected chi connectivity index (χ4v) is 6.04. The van der Waals surface area contributed by atoms with Gasteiger partial charge in [-0.2, -0.15) is 12.7 Å². The van der Waals surface area contributed by atoms with E-state index in [2.05, 4.69) is 0 Å². The molecule has 0 aromatic heterocycles. The van der Waals surface area contributed by atoms with Crippen molar-refractivity contribution in [2.24, 2.45) is 0 Å². The number of hydrogen-bond donors (Lipinski definition) is 1. The van der Waals surface area contributed by atoms with Crippen molar-refractivity contribution in [1.29, 1.82) is 0 Å². The molecule has 0 aliphatic heterocycles. The summed E-state index contributed by atoms with van der Waals surface area (Å²) >= 11 is 0. The number of para-hydroxylation sites is 1. The fraction of sp³-hybridized carbons (Fsp3) is 0.333. The molecule has 2 atom stereocenters. The van der Waals surface area contributed by atoms with Gasteiger partial charge in [-0.25, -0.2) is 8.42 Å². The average molecular weight is 548 g/mol. The first-order valence-corrected chi connectivity index (χ1v) is 14.8. The van der Waals surface area contributed by atoms with Crippen LogP contribution in [0.3, 0.4) is 0 Å². The molecule has 200 valence electrons. The Bertz CT molecular complexity index is 1340. The lowest BCUT2D eigenvalue weighted by Crippen LogP contribution is -2.45. The Labute approximate surface area is 219 Å². The molecule has 0 aliphatic rings. The largest absolute Gasteiger partial charge is 0.491 e. The van der Waals surface area contributed by atoms with Crippen LogP contribution in [0.15, 0.2) is 88.7 Å². The average Bonchev–Trinajstić information content (AvgIpc) is 2.87. The highest BCUT2D eigenvalue weighted by Crippen LogP contribution is 2.22. The zero-order valence-corrected chi connectivity index (χ0v) is 22.8. The molecule has 0 heterocycles. The summed E-state index contributed by atoms with van der Waals surface area (Å²) in [7, 11) is -8.32. The number of aryl methyl sites for hydroxylation is 2. The van der Waals surface area contributed by atoms with E-state index in [0.29, 0.717) is 12.2 Å². The van der Waals surface area contributed by atoms with Gasteiger partial charge in [0, 0.05) is 13.1 Å². The molecule has 0 bridgehead atoms. The first-order valence-electron chi connectivity index (χ1n) is 11.9. The minimum Gasteiger partial charge on any atom is -0.491 e. The van der Waals surface area contributed by atoms with Crippen molar-refractivity contribution in [3.8, 4) is 5.75 Å². The molecule has 0 fully saturated rings. The monoisotopic (exact) mass is 547 g/mol. The first kappa shape index (κ1) is 28.8. The predicted molar refractivity (Wildman–Crippen MR) is 141 cm³/mol. The van der Waals surface area contributed by atoms with Crippen molar-refractivity contribution in [2.75, 3.05) is 19.7 Å². The van der Waals surface area contributed by atoms with E-state index in [1.54, 1.807) is 55.5 Å². The van der Waals surface area contributed by atoms with Crippen molar-refractivity contribution in [1.82, 2.24) is 4.31 Å². The Balaban J connectivity index is 1.94. The van der Waals surface area contributed by atoms with Gasteiger partial charge in [-0.3, -0.25) is 4.18 Å². The van der Waals surface area contributed by atoms with Crippen LogP contribution in [0.5, 0.6) is 5.75 Å². The third kappa shape index (κ3) is 8.11. The van der Waals surface area contributed by atoms with Gasteiger partial charge in [-0.05, 0) is 56.7 Å². The van der Waals surface area contributed by atoms with E-state index >= 15 is 0 Å². The molecule has 8 nitrogen and oxygen atoms in total. The van der Waals surface area contributed by atoms with Gasteiger partial charge in [-0.15, -0.1) is 0 Å². The van der Waals surface area contributed by atoms with Gasteiger partial charge in [0.2, 0.25) is 10.0 Å². The van der Waals surface area contributed by atoms with Gasteiger partial charge in [0.05, 0.1) is 15.9 Å². The van der Waals surface area contributed by atoms with Gasteiger partial charge in [-0.1, -0.05) is 60.5 Å². The smallest absolute Gasteiger partial charge is 0.297 e. The number of rotatable bonds is 13. The number of ether oxygens (including phenoxy) is 1. The Morgan fingerprint density at radius 1 is 0.784 bits per heavy atom. The molecular weight excluding hydrogens is 514 g/mol. The SMILES string of the molecule is CC[C@@H](O)CN(C[C@@H](COc1ccccc1)OS(=O)(=O)c1ccc(C)cc1)S(=O)(=O)c1ccc(C)cc1. The normalized spacial score (nSPS) is 13.9. The van der Waals surface area contributed by atoms with Crippen LogP contribution in [0.25, 0.3) is 0 Å². The van der Waals surface area contributed by atoms with E-state index in [9.17, 15) is 21.9 Å². The van der Waals surface area contributed by atoms with Crippen molar-refractivity contribution >= 4 is 20.1 Å². The van der Waals surface area contributed by atoms with Crippen LogP contribution in [-0.4, -0.2) is 58.2 Å². The van der Waals surface area contributed by atoms with Crippen molar-refractivity contribution < 1.29 is 30.9 Å². The quantitative estimate of drug-likeness (QED) is 0.323. The number of hydrogen-bond acceptors (Lipinski definition) is 7. The van der Waals surface area contributed by atoms with Crippen LogP contribution in [-0.2, 0) is 24.3 Å². The number of benzene rings is 3. The number of nitrogens with zero attached hydrogens (tertiary/aromatic N) is 1. The lowest BCUT2D eigenvalue weighted by molar-refractivity contribution is 0.0920. The zero-order chi connectivity index (χ0) is 27.1. The molecule has 3 rings (SSSR count). The lowest BCUT2D eigenvalue weighted by Gasteiger charge is -2.28. The van der Waals surface area contributed by atoms with E-state index in [0.717, 1.165) is 15.4 Å². The van der Waals surface area contributed by atoms with E-state index in [-0.39, 0.29) is 29.5 Å². The lowest BCUT2D eigenvalue weighted by atomic mass is 10.2. The molecule has 0 amide bonds. The van der Waals surface area contributed by atoms with Gasteiger partial charge >= 0.3 is 0 Å². The summed E-state index contributed by atoms with van der Waals surface area (Å²) in [5, 5.41) is 10.3. The van der Waals surface area contributed by atoms with Crippen molar-refractivity contribution in [2.45, 2.75) is 49.2 Å². The van der Waals surface area contributed by atoms with Crippen LogP contribution in [0.4, 0.5) is 0 Å². The summed E-state index contributed by atoms with van der Waals surface area (Å²) in [6.45, 7) is 4.58. The second kappa shape index (κ2) is 12.7. The number of sulfonamides is 1. The number of aliphatic hydroxyl groups is 1. The molecule has 0 saturated heterocycles. The predicted octanol–water partition coefficient (Wildman–Crippen LogP) is 3.92.